The second-order valence-corrected chi connectivity index (χ2v) is 6.41. The summed E-state index contributed by atoms with van der Waals surface area (Å²) in [7, 11) is 2.77. The fourth-order valence-electron chi connectivity index (χ4n) is 2.37. The van der Waals surface area contributed by atoms with Crippen LogP contribution in [0.3, 0.4) is 0 Å². The van der Waals surface area contributed by atoms with Gasteiger partial charge in [-0.25, -0.2) is 4.79 Å². The van der Waals surface area contributed by atoms with E-state index in [1.807, 2.05) is 30.5 Å². The smallest absolute Gasteiger partial charge is 0.338 e. The molecule has 0 saturated heterocycles. The van der Waals surface area contributed by atoms with Crippen molar-refractivity contribution in [3.63, 3.8) is 0 Å². The van der Waals surface area contributed by atoms with E-state index in [1.165, 1.54) is 18.1 Å². The van der Waals surface area contributed by atoms with Crippen molar-refractivity contribution in [1.82, 2.24) is 4.90 Å². The number of methoxy groups -OCH3 is 1. The minimum Gasteiger partial charge on any atom is -0.465 e. The minimum absolute atomic E-state index is 0.0391. The number of carbonyl (C=O) groups excluding carboxylic acids is 2. The summed E-state index contributed by atoms with van der Waals surface area (Å²) in [6.45, 7) is 0.337. The van der Waals surface area contributed by atoms with Gasteiger partial charge in [-0.1, -0.05) is 12.1 Å². The molecule has 26 heavy (non-hydrogen) atoms. The van der Waals surface area contributed by atoms with Crippen molar-refractivity contribution in [3.8, 4) is 0 Å². The van der Waals surface area contributed by atoms with Crippen LogP contribution in [-0.4, -0.2) is 42.1 Å². The van der Waals surface area contributed by atoms with Crippen molar-refractivity contribution < 1.29 is 19.2 Å². The van der Waals surface area contributed by atoms with Crippen LogP contribution in [0.2, 0.25) is 0 Å². The van der Waals surface area contributed by atoms with Gasteiger partial charge in [0.25, 0.3) is 11.6 Å². The van der Waals surface area contributed by atoms with Crippen LogP contribution in [0.1, 0.15) is 26.3 Å². The number of nitro groups is 1. The van der Waals surface area contributed by atoms with Gasteiger partial charge in [0, 0.05) is 36.2 Å². The molecule has 0 radical (unpaired) electrons. The summed E-state index contributed by atoms with van der Waals surface area (Å²) in [5.74, 6) is -1.16. The van der Waals surface area contributed by atoms with E-state index < -0.39 is 16.8 Å². The lowest BCUT2D eigenvalue weighted by Gasteiger charge is -2.18. The first-order valence-electron chi connectivity index (χ1n) is 7.62. The van der Waals surface area contributed by atoms with Crippen LogP contribution in [0.25, 0.3) is 0 Å². The maximum absolute atomic E-state index is 12.7. The van der Waals surface area contributed by atoms with E-state index in [0.717, 1.165) is 22.6 Å². The number of esters is 1. The number of ether oxygens (including phenoxy) is 1. The van der Waals surface area contributed by atoms with Gasteiger partial charge in [0.1, 0.15) is 0 Å². The van der Waals surface area contributed by atoms with Crippen molar-refractivity contribution in [1.29, 1.82) is 0 Å². The van der Waals surface area contributed by atoms with E-state index >= 15 is 0 Å². The largest absolute Gasteiger partial charge is 0.465 e. The molecule has 2 aromatic rings. The molecule has 0 heterocycles. The molecule has 0 saturated carbocycles. The molecule has 8 heteroatoms. The van der Waals surface area contributed by atoms with E-state index in [2.05, 4.69) is 4.74 Å². The van der Waals surface area contributed by atoms with Crippen molar-refractivity contribution in [2.75, 3.05) is 20.4 Å². The third-order valence-corrected chi connectivity index (χ3v) is 4.47. The molecule has 0 aliphatic heterocycles. The summed E-state index contributed by atoms with van der Waals surface area (Å²) in [5.41, 5.74) is 0.608. The Balaban J connectivity index is 2.27. The van der Waals surface area contributed by atoms with Gasteiger partial charge in [-0.15, -0.1) is 11.8 Å². The van der Waals surface area contributed by atoms with E-state index in [4.69, 9.17) is 0 Å². The molecule has 136 valence electrons. The van der Waals surface area contributed by atoms with E-state index in [1.54, 1.807) is 18.8 Å². The summed E-state index contributed by atoms with van der Waals surface area (Å²) in [6, 6.07) is 11.3. The molecule has 0 bridgehead atoms. The number of hydrogen-bond acceptors (Lipinski definition) is 6. The normalized spacial score (nSPS) is 10.3. The predicted octanol–water partition coefficient (Wildman–Crippen LogP) is 3.38. The highest BCUT2D eigenvalue weighted by Crippen LogP contribution is 2.20. The number of thioether (sulfide) groups is 1. The summed E-state index contributed by atoms with van der Waals surface area (Å²) >= 11 is 1.62. The van der Waals surface area contributed by atoms with Crippen molar-refractivity contribution in [2.45, 2.75) is 11.4 Å². The maximum Gasteiger partial charge on any atom is 0.338 e. The highest BCUT2D eigenvalue weighted by molar-refractivity contribution is 7.98. The molecule has 0 aliphatic rings. The monoisotopic (exact) mass is 374 g/mol. The first-order chi connectivity index (χ1) is 12.3. The number of amides is 1. The number of non-ortho nitro benzene ring substituents is 1. The summed E-state index contributed by atoms with van der Waals surface area (Å²) in [6.07, 6.45) is 1.98. The Morgan fingerprint density at radius 3 is 2.31 bits per heavy atom. The second kappa shape index (κ2) is 8.48. The van der Waals surface area contributed by atoms with E-state index in [-0.39, 0.29) is 16.8 Å². The zero-order valence-electron chi connectivity index (χ0n) is 14.6. The van der Waals surface area contributed by atoms with Gasteiger partial charge >= 0.3 is 5.97 Å². The number of nitrogens with zero attached hydrogens (tertiary/aromatic N) is 2. The Kier molecular flexibility index (Phi) is 6.35. The fraction of sp³-hybridized carbons (Fsp3) is 0.222. The lowest BCUT2D eigenvalue weighted by molar-refractivity contribution is -0.384. The molecule has 0 aromatic heterocycles. The quantitative estimate of drug-likeness (QED) is 0.333. The van der Waals surface area contributed by atoms with Gasteiger partial charge in [-0.3, -0.25) is 14.9 Å². The van der Waals surface area contributed by atoms with Crippen LogP contribution in [0, 0.1) is 10.1 Å². The molecule has 0 N–H and O–H groups in total. The molecule has 2 rings (SSSR count). The molecule has 1 amide bonds. The van der Waals surface area contributed by atoms with Gasteiger partial charge in [-0.05, 0) is 30.0 Å². The topological polar surface area (TPSA) is 89.8 Å². The zero-order chi connectivity index (χ0) is 19.3. The van der Waals surface area contributed by atoms with Gasteiger partial charge in [0.2, 0.25) is 0 Å². The number of carbonyl (C=O) groups is 2. The third kappa shape index (κ3) is 4.60. The minimum atomic E-state index is -0.738. The number of benzene rings is 2. The molecule has 0 fully saturated rings. The first-order valence-corrected chi connectivity index (χ1v) is 8.84. The van der Waals surface area contributed by atoms with Crippen LogP contribution in [0.4, 0.5) is 5.69 Å². The number of nitro benzene ring substituents is 1. The molecular weight excluding hydrogens is 356 g/mol. The second-order valence-electron chi connectivity index (χ2n) is 5.53. The van der Waals surface area contributed by atoms with Gasteiger partial charge in [0.15, 0.2) is 0 Å². The Morgan fingerprint density at radius 2 is 1.77 bits per heavy atom. The van der Waals surface area contributed by atoms with E-state index in [0.29, 0.717) is 6.54 Å². The van der Waals surface area contributed by atoms with Crippen molar-refractivity contribution in [2.24, 2.45) is 0 Å². The predicted molar refractivity (Wildman–Crippen MR) is 98.5 cm³/mol. The molecular formula is C18H18N2O5S. The summed E-state index contributed by atoms with van der Waals surface area (Å²) < 4.78 is 4.60. The van der Waals surface area contributed by atoms with Crippen LogP contribution in [0.5, 0.6) is 0 Å². The van der Waals surface area contributed by atoms with Crippen LogP contribution >= 0.6 is 11.8 Å². The molecule has 0 unspecified atom stereocenters. The van der Waals surface area contributed by atoms with Gasteiger partial charge in [0.05, 0.1) is 17.6 Å². The third-order valence-electron chi connectivity index (χ3n) is 3.72. The SMILES string of the molecule is COC(=O)c1cc(C(=O)N(C)Cc2ccc(SC)cc2)cc([N+](=O)[O-])c1. The van der Waals surface area contributed by atoms with Gasteiger partial charge < -0.3 is 9.64 Å². The highest BCUT2D eigenvalue weighted by Gasteiger charge is 2.20. The Hall–Kier alpha value is -2.87. The molecule has 2 aromatic carbocycles. The molecule has 7 nitrogen and oxygen atoms in total. The van der Waals surface area contributed by atoms with Crippen LogP contribution in [-0.2, 0) is 11.3 Å². The number of rotatable bonds is 6. The fourth-order valence-corrected chi connectivity index (χ4v) is 2.78. The van der Waals surface area contributed by atoms with Crippen molar-refractivity contribution in [3.05, 3.63) is 69.3 Å². The molecule has 0 spiro atoms. The zero-order valence-corrected chi connectivity index (χ0v) is 15.4. The Morgan fingerprint density at radius 1 is 1.15 bits per heavy atom. The van der Waals surface area contributed by atoms with Crippen LogP contribution in [0.15, 0.2) is 47.4 Å². The molecule has 0 aliphatic carbocycles. The van der Waals surface area contributed by atoms with E-state index in [9.17, 15) is 19.7 Å². The summed E-state index contributed by atoms with van der Waals surface area (Å²) in [4.78, 5) is 37.4. The average molecular weight is 374 g/mol. The maximum atomic E-state index is 12.7. The standard InChI is InChI=1S/C18H18N2O5S/c1-19(11-12-4-6-16(26-3)7-5-12)17(21)13-8-14(18(22)25-2)10-15(9-13)20(23)24/h4-10H,11H2,1-3H3. The Labute approximate surface area is 155 Å². The lowest BCUT2D eigenvalue weighted by Crippen LogP contribution is -2.26. The van der Waals surface area contributed by atoms with Crippen LogP contribution < -0.4 is 0 Å². The number of hydrogen-bond donors (Lipinski definition) is 0. The van der Waals surface area contributed by atoms with Gasteiger partial charge in [-0.2, -0.15) is 0 Å². The lowest BCUT2D eigenvalue weighted by atomic mass is 10.1. The Bertz CT molecular complexity index is 836. The first kappa shape index (κ1) is 19.5. The highest BCUT2D eigenvalue weighted by atomic mass is 32.2. The average Bonchev–Trinajstić information content (AvgIpc) is 2.66. The van der Waals surface area contributed by atoms with Crippen molar-refractivity contribution >= 4 is 29.3 Å². The molecule has 0 atom stereocenters. The summed E-state index contributed by atoms with van der Waals surface area (Å²) in [5, 5.41) is 11.1.